The molecule has 0 atom stereocenters. The Balaban J connectivity index is 0.000000753. The minimum Gasteiger partial charge on any atom is -0.399 e. The maximum Gasteiger partial charge on any atom is 0.165 e. The van der Waals surface area contributed by atoms with E-state index in [9.17, 15) is 4.79 Å². The van der Waals surface area contributed by atoms with Crippen LogP contribution in [0, 0.1) is 0 Å². The third-order valence-electron chi connectivity index (χ3n) is 4.25. The smallest absolute Gasteiger partial charge is 0.165 e. The largest absolute Gasteiger partial charge is 0.399 e. The summed E-state index contributed by atoms with van der Waals surface area (Å²) in [6, 6.07) is 11.8. The molecule has 2 N–H and O–H groups in total. The second-order valence-electron chi connectivity index (χ2n) is 5.60. The first-order valence-electron chi connectivity index (χ1n) is 8.26. The molecule has 2 heterocycles. The number of hydrogen-bond acceptors (Lipinski definition) is 2. The first-order valence-corrected chi connectivity index (χ1v) is 8.26. The molecule has 1 aliphatic carbocycles. The highest BCUT2D eigenvalue weighted by Crippen LogP contribution is 2.34. The summed E-state index contributed by atoms with van der Waals surface area (Å²) in [6.45, 7) is 4.00. The summed E-state index contributed by atoms with van der Waals surface area (Å²) < 4.78 is 2.08. The lowest BCUT2D eigenvalue weighted by molar-refractivity contribution is 0.0983. The van der Waals surface area contributed by atoms with Crippen LogP contribution >= 0.6 is 0 Å². The van der Waals surface area contributed by atoms with Gasteiger partial charge in [0.1, 0.15) is 0 Å². The van der Waals surface area contributed by atoms with Gasteiger partial charge in [-0.05, 0) is 48.2 Å². The molecule has 118 valence electrons. The molecule has 3 aromatic rings. The van der Waals surface area contributed by atoms with Crippen LogP contribution in [0.3, 0.4) is 0 Å². The number of anilines is 1. The second kappa shape index (κ2) is 6.29. The Bertz CT molecular complexity index is 844. The van der Waals surface area contributed by atoms with Crippen molar-refractivity contribution in [3.05, 3.63) is 59.9 Å². The van der Waals surface area contributed by atoms with E-state index < -0.39 is 0 Å². The zero-order valence-corrected chi connectivity index (χ0v) is 13.7. The van der Waals surface area contributed by atoms with Gasteiger partial charge < -0.3 is 10.1 Å². The Hall–Kier alpha value is -2.55. The normalized spacial score (nSPS) is 13.4. The molecule has 4 rings (SSSR count). The zero-order chi connectivity index (χ0) is 16.4. The van der Waals surface area contributed by atoms with Gasteiger partial charge in [0, 0.05) is 35.6 Å². The zero-order valence-electron chi connectivity index (χ0n) is 13.7. The van der Waals surface area contributed by atoms with E-state index in [0.29, 0.717) is 6.42 Å². The molecule has 0 fully saturated rings. The van der Waals surface area contributed by atoms with E-state index in [2.05, 4.69) is 10.6 Å². The quantitative estimate of drug-likeness (QED) is 0.660. The lowest BCUT2D eigenvalue weighted by atomic mass is 10.00. The molecule has 0 aliphatic heterocycles. The fraction of sp³-hybridized carbons (Fsp3) is 0.250. The van der Waals surface area contributed by atoms with E-state index in [-0.39, 0.29) is 5.78 Å². The maximum atomic E-state index is 12.3. The monoisotopic (exact) mass is 306 g/mol. The molecule has 0 spiro atoms. The molecule has 2 aromatic heterocycles. The summed E-state index contributed by atoms with van der Waals surface area (Å²) in [7, 11) is 0. The molecule has 0 radical (unpaired) electrons. The Morgan fingerprint density at radius 3 is 2.48 bits per heavy atom. The molecule has 0 saturated heterocycles. The number of carbonyl (C=O) groups is 1. The van der Waals surface area contributed by atoms with Crippen LogP contribution in [0.4, 0.5) is 5.69 Å². The van der Waals surface area contributed by atoms with E-state index in [1.807, 2.05) is 56.4 Å². The van der Waals surface area contributed by atoms with Crippen LogP contribution in [0.25, 0.3) is 16.6 Å². The molecule has 0 saturated carbocycles. The average molecular weight is 306 g/mol. The number of pyridine rings is 1. The van der Waals surface area contributed by atoms with Crippen LogP contribution in [0.5, 0.6) is 0 Å². The standard InChI is InChI=1S/C18H16N2O.C2H6/c19-13-8-6-12(7-9-13)16-11-20-10-2-4-15-17(21)5-1-3-14(16)18(15)20;1-2/h2,4,6-11H,1,3,5,19H2;1-2H3. The number of rotatable bonds is 1. The minimum atomic E-state index is 0.251. The van der Waals surface area contributed by atoms with E-state index in [1.165, 1.54) is 11.1 Å². The molecule has 3 nitrogen and oxygen atoms in total. The van der Waals surface area contributed by atoms with Gasteiger partial charge >= 0.3 is 0 Å². The summed E-state index contributed by atoms with van der Waals surface area (Å²) in [5, 5.41) is 0. The first kappa shape index (κ1) is 15.3. The lowest BCUT2D eigenvalue weighted by Gasteiger charge is -2.04. The van der Waals surface area contributed by atoms with Crippen molar-refractivity contribution in [2.75, 3.05) is 5.73 Å². The average Bonchev–Trinajstić information content (AvgIpc) is 2.87. The highest BCUT2D eigenvalue weighted by atomic mass is 16.1. The van der Waals surface area contributed by atoms with Crippen molar-refractivity contribution in [3.63, 3.8) is 0 Å². The van der Waals surface area contributed by atoms with E-state index in [1.54, 1.807) is 0 Å². The van der Waals surface area contributed by atoms with Gasteiger partial charge in [0.25, 0.3) is 0 Å². The van der Waals surface area contributed by atoms with Crippen molar-refractivity contribution in [1.82, 2.24) is 4.40 Å². The van der Waals surface area contributed by atoms with Crippen molar-refractivity contribution >= 4 is 17.0 Å². The van der Waals surface area contributed by atoms with Gasteiger partial charge in [-0.1, -0.05) is 26.0 Å². The Morgan fingerprint density at radius 2 is 1.74 bits per heavy atom. The number of nitrogens with two attached hydrogens (primary N) is 1. The second-order valence-corrected chi connectivity index (χ2v) is 5.60. The van der Waals surface area contributed by atoms with Gasteiger partial charge in [-0.3, -0.25) is 4.79 Å². The topological polar surface area (TPSA) is 47.5 Å². The van der Waals surface area contributed by atoms with Crippen LogP contribution < -0.4 is 5.73 Å². The maximum absolute atomic E-state index is 12.3. The van der Waals surface area contributed by atoms with Crippen molar-refractivity contribution in [2.45, 2.75) is 33.1 Å². The molecule has 1 aliphatic rings. The van der Waals surface area contributed by atoms with Crippen molar-refractivity contribution in [1.29, 1.82) is 0 Å². The van der Waals surface area contributed by atoms with Gasteiger partial charge in [-0.15, -0.1) is 0 Å². The van der Waals surface area contributed by atoms with E-state index in [0.717, 1.165) is 35.2 Å². The number of carbonyl (C=O) groups excluding carboxylic acids is 1. The first-order chi connectivity index (χ1) is 11.2. The number of aromatic nitrogens is 1. The minimum absolute atomic E-state index is 0.251. The van der Waals surface area contributed by atoms with Gasteiger partial charge in [0.15, 0.2) is 5.78 Å². The molecule has 0 unspecified atom stereocenters. The van der Waals surface area contributed by atoms with Crippen LogP contribution in [-0.2, 0) is 6.42 Å². The van der Waals surface area contributed by atoms with Crippen LogP contribution in [0.2, 0.25) is 0 Å². The molecular weight excluding hydrogens is 284 g/mol. The predicted molar refractivity (Wildman–Crippen MR) is 95.9 cm³/mol. The summed E-state index contributed by atoms with van der Waals surface area (Å²) in [5.74, 6) is 0.251. The number of benzene rings is 1. The molecular formula is C20H22N2O. The molecule has 1 aromatic carbocycles. The SMILES string of the molecule is CC.Nc1ccc(-c2cn3cccc4c3c2CCCC4=O)cc1. The lowest BCUT2D eigenvalue weighted by Crippen LogP contribution is -1.99. The molecule has 23 heavy (non-hydrogen) atoms. The summed E-state index contributed by atoms with van der Waals surface area (Å²) in [5.41, 5.74) is 12.1. The van der Waals surface area contributed by atoms with Gasteiger partial charge in [-0.2, -0.15) is 0 Å². The third kappa shape index (κ3) is 2.63. The van der Waals surface area contributed by atoms with Crippen molar-refractivity contribution in [3.8, 4) is 11.1 Å². The number of hydrogen-bond donors (Lipinski definition) is 1. The van der Waals surface area contributed by atoms with Crippen LogP contribution in [0.1, 0.15) is 42.6 Å². The fourth-order valence-corrected chi connectivity index (χ4v) is 3.24. The fourth-order valence-electron chi connectivity index (χ4n) is 3.24. The van der Waals surface area contributed by atoms with Gasteiger partial charge in [0.2, 0.25) is 0 Å². The highest BCUT2D eigenvalue weighted by Gasteiger charge is 2.21. The van der Waals surface area contributed by atoms with Crippen molar-refractivity contribution < 1.29 is 4.79 Å². The van der Waals surface area contributed by atoms with Gasteiger partial charge in [0.05, 0.1) is 5.52 Å². The number of aryl methyl sites for hydroxylation is 1. The third-order valence-corrected chi connectivity index (χ3v) is 4.25. The number of Topliss-reactive ketones (excluding diaryl/α,β-unsaturated/α-hetero) is 1. The summed E-state index contributed by atoms with van der Waals surface area (Å²) >= 11 is 0. The number of ketones is 1. The molecule has 3 heteroatoms. The summed E-state index contributed by atoms with van der Waals surface area (Å²) in [4.78, 5) is 12.3. The Labute approximate surface area is 136 Å². The van der Waals surface area contributed by atoms with Gasteiger partial charge in [-0.25, -0.2) is 0 Å². The molecule has 0 bridgehead atoms. The predicted octanol–water partition coefficient (Wildman–Crippen LogP) is 4.73. The molecule has 0 amide bonds. The van der Waals surface area contributed by atoms with Crippen molar-refractivity contribution in [2.24, 2.45) is 0 Å². The van der Waals surface area contributed by atoms with Crippen LogP contribution in [-0.4, -0.2) is 10.2 Å². The number of nitrogens with zero attached hydrogens (tertiary/aromatic N) is 1. The number of nitrogen functional groups attached to an aromatic ring is 1. The van der Waals surface area contributed by atoms with E-state index in [4.69, 9.17) is 5.73 Å². The summed E-state index contributed by atoms with van der Waals surface area (Å²) in [6.07, 6.45) is 6.63. The highest BCUT2D eigenvalue weighted by molar-refractivity contribution is 6.04. The van der Waals surface area contributed by atoms with Crippen LogP contribution in [0.15, 0.2) is 48.8 Å². The Kier molecular flexibility index (Phi) is 4.20. The Morgan fingerprint density at radius 1 is 1.00 bits per heavy atom. The van der Waals surface area contributed by atoms with E-state index >= 15 is 0 Å².